The van der Waals surface area contributed by atoms with Crippen molar-refractivity contribution in [2.45, 2.75) is 59.8 Å². The van der Waals surface area contributed by atoms with Crippen LogP contribution in [0.15, 0.2) is 0 Å². The highest BCUT2D eigenvalue weighted by molar-refractivity contribution is 5.75. The second-order valence-corrected chi connectivity index (χ2v) is 3.31. The topological polar surface area (TPSA) is 0 Å². The van der Waals surface area contributed by atoms with Crippen molar-refractivity contribution in [2.75, 3.05) is 0 Å². The van der Waals surface area contributed by atoms with Crippen LogP contribution in [0, 0.1) is 5.41 Å². The Morgan fingerprint density at radius 3 is 1.27 bits per heavy atom. The number of hydrogen-bond acceptors (Lipinski definition) is 0. The summed E-state index contributed by atoms with van der Waals surface area (Å²) in [6.07, 6.45) is 6.82. The molecule has 0 aromatic heterocycles. The molecule has 0 saturated carbocycles. The van der Waals surface area contributed by atoms with E-state index in [-0.39, 0.29) is 17.4 Å². The van der Waals surface area contributed by atoms with Crippen LogP contribution in [-0.2, 0) is 0 Å². The molecule has 0 spiro atoms. The first-order valence-electron chi connectivity index (χ1n) is 4.74. The molecule has 0 saturated heterocycles. The molecule has 0 aliphatic rings. The van der Waals surface area contributed by atoms with Gasteiger partial charge in [-0.2, -0.15) is 0 Å². The molecule has 0 aromatic carbocycles. The molecule has 0 heterocycles. The van der Waals surface area contributed by atoms with Crippen molar-refractivity contribution in [3.8, 4) is 0 Å². The maximum atomic E-state index is 2.32. The van der Waals surface area contributed by atoms with Crippen molar-refractivity contribution >= 4 is 17.4 Å². The molecule has 0 aromatic rings. The first-order valence-corrected chi connectivity index (χ1v) is 4.74. The summed E-state index contributed by atoms with van der Waals surface area (Å²) in [6, 6.07) is 0. The first kappa shape index (κ1) is 14.1. The van der Waals surface area contributed by atoms with Gasteiger partial charge in [-0.3, -0.25) is 0 Å². The molecule has 0 aliphatic carbocycles. The lowest BCUT2D eigenvalue weighted by Gasteiger charge is -2.29. The van der Waals surface area contributed by atoms with E-state index < -0.39 is 0 Å². The highest BCUT2D eigenvalue weighted by atomic mass is 27.0. The molecule has 68 valence electrons. The van der Waals surface area contributed by atoms with E-state index >= 15 is 0 Å². The van der Waals surface area contributed by atoms with Crippen LogP contribution >= 0.6 is 0 Å². The minimum Gasteiger partial charge on any atom is -0.0654 e. The fraction of sp³-hybridized carbons (Fsp3) is 1.00. The summed E-state index contributed by atoms with van der Waals surface area (Å²) in [5.41, 5.74) is 0.675. The van der Waals surface area contributed by atoms with Crippen LogP contribution in [-0.4, -0.2) is 17.4 Å². The molecule has 0 atom stereocenters. The van der Waals surface area contributed by atoms with E-state index in [0.29, 0.717) is 5.41 Å². The molecular formula is C10H25Al. The summed E-state index contributed by atoms with van der Waals surface area (Å²) in [5, 5.41) is 0. The van der Waals surface area contributed by atoms with Crippen LogP contribution < -0.4 is 0 Å². The lowest BCUT2D eigenvalue weighted by molar-refractivity contribution is 0.226. The Balaban J connectivity index is 0. The van der Waals surface area contributed by atoms with Gasteiger partial charge in [0.2, 0.25) is 0 Å². The lowest BCUT2D eigenvalue weighted by Crippen LogP contribution is -2.16. The summed E-state index contributed by atoms with van der Waals surface area (Å²) in [7, 11) is 0. The Morgan fingerprint density at radius 1 is 0.818 bits per heavy atom. The normalized spacial score (nSPS) is 10.9. The third-order valence-corrected chi connectivity index (χ3v) is 3.03. The molecular weight excluding hydrogens is 147 g/mol. The Hall–Kier alpha value is 0.532. The summed E-state index contributed by atoms with van der Waals surface area (Å²) in [4.78, 5) is 0. The third kappa shape index (κ3) is 4.19. The van der Waals surface area contributed by atoms with Gasteiger partial charge in [0.25, 0.3) is 0 Å². The van der Waals surface area contributed by atoms with Gasteiger partial charge in [-0.1, -0.05) is 53.4 Å². The van der Waals surface area contributed by atoms with E-state index in [1.807, 2.05) is 0 Å². The van der Waals surface area contributed by atoms with E-state index in [1.165, 1.54) is 32.1 Å². The molecule has 0 nitrogen and oxygen atoms in total. The van der Waals surface area contributed by atoms with Crippen LogP contribution in [0.4, 0.5) is 0 Å². The fourth-order valence-electron chi connectivity index (χ4n) is 1.81. The Labute approximate surface area is 82.9 Å². The highest BCUT2D eigenvalue weighted by Gasteiger charge is 2.21. The average molecular weight is 172 g/mol. The van der Waals surface area contributed by atoms with Crippen LogP contribution in [0.2, 0.25) is 0 Å². The second-order valence-electron chi connectivity index (χ2n) is 3.31. The molecule has 0 N–H and O–H groups in total. The first-order chi connectivity index (χ1) is 4.74. The minimum atomic E-state index is 0. The number of rotatable bonds is 5. The van der Waals surface area contributed by atoms with E-state index in [0.717, 1.165) is 0 Å². The van der Waals surface area contributed by atoms with Gasteiger partial charge in [0, 0.05) is 0 Å². The maximum absolute atomic E-state index is 2.32. The van der Waals surface area contributed by atoms with Gasteiger partial charge in [-0.25, -0.2) is 0 Å². The summed E-state index contributed by atoms with van der Waals surface area (Å²) in [5.74, 6) is 0. The predicted octanol–water partition coefficient (Wildman–Crippen LogP) is 2.82. The monoisotopic (exact) mass is 172 g/mol. The molecule has 0 rings (SSSR count). The molecule has 0 unspecified atom stereocenters. The van der Waals surface area contributed by atoms with Gasteiger partial charge >= 0.3 is 0 Å². The van der Waals surface area contributed by atoms with Gasteiger partial charge in [0.1, 0.15) is 0 Å². The van der Waals surface area contributed by atoms with Crippen LogP contribution in [0.25, 0.3) is 0 Å². The Morgan fingerprint density at radius 2 is 1.18 bits per heavy atom. The van der Waals surface area contributed by atoms with Crippen LogP contribution in [0.5, 0.6) is 0 Å². The van der Waals surface area contributed by atoms with Crippen LogP contribution in [0.1, 0.15) is 59.8 Å². The Kier molecular flexibility index (Phi) is 9.21. The van der Waals surface area contributed by atoms with Crippen molar-refractivity contribution < 1.29 is 0 Å². The zero-order valence-electron chi connectivity index (χ0n) is 8.04. The van der Waals surface area contributed by atoms with Crippen molar-refractivity contribution in [3.63, 3.8) is 0 Å². The van der Waals surface area contributed by atoms with Gasteiger partial charge in [0.15, 0.2) is 17.4 Å². The second kappa shape index (κ2) is 7.20. The highest BCUT2D eigenvalue weighted by Crippen LogP contribution is 2.34. The maximum Gasteiger partial charge on any atom is 0.187 e. The zero-order valence-corrected chi connectivity index (χ0v) is 8.04. The molecule has 0 aliphatic heterocycles. The molecule has 0 amide bonds. The zero-order chi connectivity index (χ0) is 8.04. The molecule has 1 heteroatoms. The smallest absolute Gasteiger partial charge is 0.0654 e. The van der Waals surface area contributed by atoms with Gasteiger partial charge in [-0.15, -0.1) is 0 Å². The van der Waals surface area contributed by atoms with Crippen molar-refractivity contribution in [1.82, 2.24) is 0 Å². The molecule has 11 heavy (non-hydrogen) atoms. The van der Waals surface area contributed by atoms with Crippen molar-refractivity contribution in [2.24, 2.45) is 5.41 Å². The lowest BCUT2D eigenvalue weighted by atomic mass is 9.76. The van der Waals surface area contributed by atoms with E-state index in [2.05, 4.69) is 27.7 Å². The summed E-state index contributed by atoms with van der Waals surface area (Å²) >= 11 is 0. The van der Waals surface area contributed by atoms with E-state index in [9.17, 15) is 0 Å². The standard InChI is InChI=1S/C10H22.Al.3H/c1-5-9-10(6-2,7-3)8-4;;;;/h5-9H2,1-4H3;;;;. The van der Waals surface area contributed by atoms with Gasteiger partial charge in [0.05, 0.1) is 0 Å². The van der Waals surface area contributed by atoms with Crippen molar-refractivity contribution in [3.05, 3.63) is 0 Å². The number of hydrogen-bond donors (Lipinski definition) is 0. The summed E-state index contributed by atoms with van der Waals surface area (Å²) < 4.78 is 0. The molecule has 0 radical (unpaired) electrons. The molecule has 0 fully saturated rings. The fourth-order valence-corrected chi connectivity index (χ4v) is 1.81. The predicted molar refractivity (Wildman–Crippen MR) is 58.2 cm³/mol. The minimum absolute atomic E-state index is 0. The molecule has 0 bridgehead atoms. The van der Waals surface area contributed by atoms with E-state index in [1.54, 1.807) is 0 Å². The van der Waals surface area contributed by atoms with Gasteiger partial charge in [-0.05, 0) is 11.8 Å². The van der Waals surface area contributed by atoms with E-state index in [4.69, 9.17) is 0 Å². The third-order valence-electron chi connectivity index (χ3n) is 3.03. The quantitative estimate of drug-likeness (QED) is 0.559. The summed E-state index contributed by atoms with van der Waals surface area (Å²) in [6.45, 7) is 9.25. The van der Waals surface area contributed by atoms with Crippen LogP contribution in [0.3, 0.4) is 0 Å². The van der Waals surface area contributed by atoms with Gasteiger partial charge < -0.3 is 0 Å². The Bertz CT molecular complexity index is 66.7. The SMILES string of the molecule is CCCC(CC)(CC)CC.[AlH3]. The van der Waals surface area contributed by atoms with Crippen molar-refractivity contribution in [1.29, 1.82) is 0 Å². The average Bonchev–Trinajstić information content (AvgIpc) is 2.01. The largest absolute Gasteiger partial charge is 0.187 e.